The number of nitrogens with zero attached hydrogens (tertiary/aromatic N) is 5. The zero-order valence-corrected chi connectivity index (χ0v) is 13.0. The van der Waals surface area contributed by atoms with E-state index in [1.165, 1.54) is 17.7 Å². The Labute approximate surface area is 126 Å². The number of benzene rings is 1. The van der Waals surface area contributed by atoms with Crippen LogP contribution in [0.15, 0.2) is 30.5 Å². The van der Waals surface area contributed by atoms with Gasteiger partial charge >= 0.3 is 0 Å². The Morgan fingerprint density at radius 3 is 2.81 bits per heavy atom. The van der Waals surface area contributed by atoms with Gasteiger partial charge in [-0.3, -0.25) is 4.68 Å². The average molecular weight is 285 g/mol. The summed E-state index contributed by atoms with van der Waals surface area (Å²) in [5.41, 5.74) is 3.93. The van der Waals surface area contributed by atoms with Crippen molar-refractivity contribution in [3.63, 3.8) is 0 Å². The van der Waals surface area contributed by atoms with Gasteiger partial charge in [0.2, 0.25) is 0 Å². The highest BCUT2D eigenvalue weighted by Gasteiger charge is 2.23. The highest BCUT2D eigenvalue weighted by molar-refractivity contribution is 5.55. The predicted octanol–water partition coefficient (Wildman–Crippen LogP) is 1.70. The van der Waals surface area contributed by atoms with Crippen LogP contribution in [0.3, 0.4) is 0 Å². The van der Waals surface area contributed by atoms with E-state index in [-0.39, 0.29) is 0 Å². The van der Waals surface area contributed by atoms with Gasteiger partial charge in [-0.15, -0.1) is 5.10 Å². The van der Waals surface area contributed by atoms with Crippen molar-refractivity contribution in [1.82, 2.24) is 19.9 Å². The molecule has 1 unspecified atom stereocenters. The molecular formula is C16H23N5. The van der Waals surface area contributed by atoms with Crippen molar-refractivity contribution in [3.05, 3.63) is 41.7 Å². The van der Waals surface area contributed by atoms with Crippen LogP contribution in [0.5, 0.6) is 0 Å². The lowest BCUT2D eigenvalue weighted by Crippen LogP contribution is -2.39. The van der Waals surface area contributed by atoms with Crippen LogP contribution in [0.1, 0.15) is 17.7 Å². The van der Waals surface area contributed by atoms with Crippen LogP contribution in [0.4, 0.5) is 5.69 Å². The topological polar surface area (TPSA) is 37.2 Å². The van der Waals surface area contributed by atoms with Gasteiger partial charge in [0.1, 0.15) is 0 Å². The number of aromatic nitrogens is 3. The summed E-state index contributed by atoms with van der Waals surface area (Å²) in [5.74, 6) is 0. The number of aryl methyl sites for hydroxylation is 2. The summed E-state index contributed by atoms with van der Waals surface area (Å²) in [7, 11) is 6.30. The lowest BCUT2D eigenvalue weighted by Gasteiger charge is -2.30. The van der Waals surface area contributed by atoms with Crippen molar-refractivity contribution in [2.24, 2.45) is 7.05 Å². The molecule has 1 aliphatic heterocycles. The molecule has 0 saturated carbocycles. The quantitative estimate of drug-likeness (QED) is 0.860. The van der Waals surface area contributed by atoms with Crippen LogP contribution < -0.4 is 4.90 Å². The lowest BCUT2D eigenvalue weighted by molar-refractivity contribution is 0.283. The number of anilines is 1. The first-order chi connectivity index (χ1) is 10.1. The molecule has 1 aromatic heterocycles. The van der Waals surface area contributed by atoms with Crippen molar-refractivity contribution in [3.8, 4) is 0 Å². The minimum absolute atomic E-state index is 0.568. The third-order valence-electron chi connectivity index (χ3n) is 4.40. The molecule has 0 amide bonds. The van der Waals surface area contributed by atoms with Crippen molar-refractivity contribution in [2.45, 2.75) is 25.4 Å². The van der Waals surface area contributed by atoms with Gasteiger partial charge < -0.3 is 9.80 Å². The highest BCUT2D eigenvalue weighted by atomic mass is 15.4. The second-order valence-electron chi connectivity index (χ2n) is 6.01. The fraction of sp³-hybridized carbons (Fsp3) is 0.500. The van der Waals surface area contributed by atoms with Gasteiger partial charge in [-0.05, 0) is 38.6 Å². The molecule has 0 fully saturated rings. The van der Waals surface area contributed by atoms with Gasteiger partial charge in [0.05, 0.1) is 18.4 Å². The molecule has 0 bridgehead atoms. The minimum Gasteiger partial charge on any atom is -0.364 e. The first-order valence-corrected chi connectivity index (χ1v) is 7.48. The smallest absolute Gasteiger partial charge is 0.0777 e. The van der Waals surface area contributed by atoms with Crippen LogP contribution >= 0.6 is 0 Å². The van der Waals surface area contributed by atoms with Crippen molar-refractivity contribution >= 4 is 5.69 Å². The largest absolute Gasteiger partial charge is 0.364 e. The molecule has 0 spiro atoms. The number of hydrogen-bond acceptors (Lipinski definition) is 4. The summed E-state index contributed by atoms with van der Waals surface area (Å²) in [6, 6.07) is 9.32. The second-order valence-corrected chi connectivity index (χ2v) is 6.01. The summed E-state index contributed by atoms with van der Waals surface area (Å²) >= 11 is 0. The molecule has 5 heteroatoms. The van der Waals surface area contributed by atoms with Crippen LogP contribution in [0, 0.1) is 0 Å². The van der Waals surface area contributed by atoms with Crippen molar-refractivity contribution in [1.29, 1.82) is 0 Å². The second kappa shape index (κ2) is 5.85. The highest BCUT2D eigenvalue weighted by Crippen LogP contribution is 2.28. The zero-order valence-electron chi connectivity index (χ0n) is 13.0. The normalized spacial score (nSPS) is 18.7. The first kappa shape index (κ1) is 14.1. The van der Waals surface area contributed by atoms with Crippen LogP contribution in [-0.4, -0.2) is 46.6 Å². The standard InChI is InChI=1S/C16H23N5/c1-19(2)14-9-8-13-6-4-5-7-16(13)21(11-14)12-15-10-17-18-20(15)3/h4-7,10,14H,8-9,11-12H2,1-3H3. The maximum absolute atomic E-state index is 4.05. The summed E-state index contributed by atoms with van der Waals surface area (Å²) in [6.45, 7) is 1.89. The van der Waals surface area contributed by atoms with Gasteiger partial charge in [-0.1, -0.05) is 23.4 Å². The van der Waals surface area contributed by atoms with Gasteiger partial charge in [0.25, 0.3) is 0 Å². The third-order valence-corrected chi connectivity index (χ3v) is 4.40. The Morgan fingerprint density at radius 2 is 2.10 bits per heavy atom. The van der Waals surface area contributed by atoms with E-state index in [4.69, 9.17) is 0 Å². The SMILES string of the molecule is CN(C)C1CCc2ccccc2N(Cc2cnnn2C)C1. The number of rotatable bonds is 3. The molecule has 2 heterocycles. The zero-order chi connectivity index (χ0) is 14.8. The Morgan fingerprint density at radius 1 is 1.29 bits per heavy atom. The molecule has 0 aliphatic carbocycles. The summed E-state index contributed by atoms with van der Waals surface area (Å²) in [5, 5.41) is 8.04. The predicted molar refractivity (Wildman–Crippen MR) is 84.3 cm³/mol. The van der Waals surface area contributed by atoms with Gasteiger partial charge in [0.15, 0.2) is 0 Å². The fourth-order valence-electron chi connectivity index (χ4n) is 3.02. The van der Waals surface area contributed by atoms with Crippen LogP contribution in [-0.2, 0) is 20.0 Å². The maximum Gasteiger partial charge on any atom is 0.0777 e. The Bertz CT molecular complexity index is 604. The van der Waals surface area contributed by atoms with Crippen LogP contribution in [0.25, 0.3) is 0 Å². The summed E-state index contributed by atoms with van der Waals surface area (Å²) in [6.07, 6.45) is 4.20. The number of fused-ring (bicyclic) bond motifs is 1. The van der Waals surface area contributed by atoms with Gasteiger partial charge in [-0.2, -0.15) is 0 Å². The molecule has 2 aromatic rings. The van der Waals surface area contributed by atoms with E-state index in [1.54, 1.807) is 0 Å². The van der Waals surface area contributed by atoms with Crippen molar-refractivity contribution < 1.29 is 0 Å². The monoisotopic (exact) mass is 285 g/mol. The molecule has 1 aromatic carbocycles. The van der Waals surface area contributed by atoms with Gasteiger partial charge in [-0.25, -0.2) is 0 Å². The molecular weight excluding hydrogens is 262 g/mol. The Balaban J connectivity index is 1.92. The summed E-state index contributed by atoms with van der Waals surface area (Å²) < 4.78 is 1.86. The van der Waals surface area contributed by atoms with E-state index < -0.39 is 0 Å². The Kier molecular flexibility index (Phi) is 3.92. The molecule has 0 radical (unpaired) electrons. The van der Waals surface area contributed by atoms with E-state index in [1.807, 2.05) is 17.9 Å². The van der Waals surface area contributed by atoms with Crippen molar-refractivity contribution in [2.75, 3.05) is 25.5 Å². The Hall–Kier alpha value is -1.88. The fourth-order valence-corrected chi connectivity index (χ4v) is 3.02. The molecule has 0 saturated heterocycles. The minimum atomic E-state index is 0.568. The molecule has 5 nitrogen and oxygen atoms in total. The van der Waals surface area contributed by atoms with Crippen LogP contribution in [0.2, 0.25) is 0 Å². The van der Waals surface area contributed by atoms with E-state index in [0.717, 1.165) is 25.2 Å². The molecule has 1 atom stereocenters. The van der Waals surface area contributed by atoms with E-state index in [9.17, 15) is 0 Å². The molecule has 1 aliphatic rings. The number of para-hydroxylation sites is 1. The molecule has 112 valence electrons. The average Bonchev–Trinajstić information content (AvgIpc) is 2.77. The lowest BCUT2D eigenvalue weighted by atomic mass is 10.1. The number of hydrogen-bond donors (Lipinski definition) is 0. The van der Waals surface area contributed by atoms with E-state index >= 15 is 0 Å². The summed E-state index contributed by atoms with van der Waals surface area (Å²) in [4.78, 5) is 4.80. The molecule has 0 N–H and O–H groups in total. The molecule has 21 heavy (non-hydrogen) atoms. The number of likely N-dealkylation sites (N-methyl/N-ethyl adjacent to an activating group) is 1. The van der Waals surface area contributed by atoms with E-state index in [0.29, 0.717) is 6.04 Å². The first-order valence-electron chi connectivity index (χ1n) is 7.48. The maximum atomic E-state index is 4.05. The van der Waals surface area contributed by atoms with E-state index in [2.05, 4.69) is 58.5 Å². The molecule has 3 rings (SSSR count). The van der Waals surface area contributed by atoms with Gasteiger partial charge in [0, 0.05) is 25.3 Å². The third kappa shape index (κ3) is 2.93.